The van der Waals surface area contributed by atoms with Crippen molar-refractivity contribution in [2.24, 2.45) is 0 Å². The third-order valence-electron chi connectivity index (χ3n) is 5.06. The number of nitrogens with zero attached hydrogens (tertiary/aromatic N) is 1. The second-order valence-corrected chi connectivity index (χ2v) is 8.63. The van der Waals surface area contributed by atoms with Crippen LogP contribution in [0, 0.1) is 6.92 Å². The van der Waals surface area contributed by atoms with Crippen molar-refractivity contribution in [1.82, 2.24) is 0 Å². The highest BCUT2D eigenvalue weighted by Crippen LogP contribution is 2.33. The number of amides is 3. The van der Waals surface area contributed by atoms with Crippen molar-refractivity contribution in [1.29, 1.82) is 0 Å². The number of aromatic hydroxyl groups is 1. The summed E-state index contributed by atoms with van der Waals surface area (Å²) >= 11 is 18.1. The van der Waals surface area contributed by atoms with Crippen LogP contribution in [0.15, 0.2) is 71.4 Å². The van der Waals surface area contributed by atoms with E-state index in [2.05, 4.69) is 10.6 Å². The summed E-state index contributed by atoms with van der Waals surface area (Å²) in [4.78, 5) is 39.2. The van der Waals surface area contributed by atoms with Gasteiger partial charge >= 0.3 is 0 Å². The van der Waals surface area contributed by atoms with Gasteiger partial charge in [0, 0.05) is 21.3 Å². The van der Waals surface area contributed by atoms with Crippen LogP contribution >= 0.6 is 34.8 Å². The Labute approximate surface area is 209 Å². The minimum atomic E-state index is -0.670. The van der Waals surface area contributed by atoms with Gasteiger partial charge in [0.05, 0.1) is 11.4 Å². The van der Waals surface area contributed by atoms with Crippen molar-refractivity contribution in [3.8, 4) is 5.75 Å². The fourth-order valence-corrected chi connectivity index (χ4v) is 3.86. The number of nitrogens with one attached hydrogen (secondary N) is 2. The molecule has 3 aromatic carbocycles. The number of aryl methyl sites for hydroxylation is 1. The molecule has 0 spiro atoms. The zero-order valence-electron chi connectivity index (χ0n) is 17.5. The molecule has 3 N–H and O–H groups in total. The number of carbonyl (C=O) groups excluding carboxylic acids is 3. The van der Waals surface area contributed by atoms with Gasteiger partial charge in [-0.25, -0.2) is 4.90 Å². The summed E-state index contributed by atoms with van der Waals surface area (Å²) in [6.45, 7) is 1.75. The molecule has 0 fully saturated rings. The van der Waals surface area contributed by atoms with Crippen molar-refractivity contribution in [2.75, 3.05) is 15.5 Å². The molecule has 0 aliphatic carbocycles. The van der Waals surface area contributed by atoms with Gasteiger partial charge < -0.3 is 15.7 Å². The lowest BCUT2D eigenvalue weighted by Gasteiger charge is -2.17. The fraction of sp³-hybridized carbons (Fsp3) is 0.0417. The molecule has 1 aliphatic rings. The van der Waals surface area contributed by atoms with Gasteiger partial charge in [-0.05, 0) is 67.1 Å². The maximum atomic E-state index is 13.0. The van der Waals surface area contributed by atoms with Gasteiger partial charge in [-0.3, -0.25) is 14.4 Å². The normalized spacial score (nSPS) is 13.5. The third-order valence-corrected chi connectivity index (χ3v) is 5.88. The minimum Gasteiger partial charge on any atom is -0.506 e. The maximum Gasteiger partial charge on any atom is 0.283 e. The number of benzene rings is 3. The largest absolute Gasteiger partial charge is 0.506 e. The van der Waals surface area contributed by atoms with Crippen LogP contribution in [0.3, 0.4) is 0 Å². The average Bonchev–Trinajstić information content (AvgIpc) is 3.01. The highest BCUT2D eigenvalue weighted by atomic mass is 35.5. The van der Waals surface area contributed by atoms with E-state index in [1.807, 2.05) is 0 Å². The molecule has 0 atom stereocenters. The monoisotopic (exact) mass is 515 g/mol. The topological polar surface area (TPSA) is 98.7 Å². The molecule has 0 aromatic heterocycles. The van der Waals surface area contributed by atoms with Crippen LogP contribution in [0.4, 0.5) is 17.1 Å². The molecule has 172 valence electrons. The first-order valence-corrected chi connectivity index (χ1v) is 11.0. The predicted molar refractivity (Wildman–Crippen MR) is 133 cm³/mol. The lowest BCUT2D eigenvalue weighted by atomic mass is 10.1. The number of carbonyl (C=O) groups is 3. The van der Waals surface area contributed by atoms with E-state index in [4.69, 9.17) is 34.8 Å². The van der Waals surface area contributed by atoms with E-state index in [-0.39, 0.29) is 27.7 Å². The van der Waals surface area contributed by atoms with Crippen LogP contribution in [0.25, 0.3) is 0 Å². The number of phenolic OH excluding ortho intramolecular Hbond substituents is 1. The van der Waals surface area contributed by atoms with Gasteiger partial charge in [-0.15, -0.1) is 0 Å². The molecule has 0 saturated carbocycles. The Morgan fingerprint density at radius 1 is 0.882 bits per heavy atom. The smallest absolute Gasteiger partial charge is 0.283 e. The van der Waals surface area contributed by atoms with Crippen molar-refractivity contribution >= 4 is 69.6 Å². The van der Waals surface area contributed by atoms with Crippen LogP contribution in [0.1, 0.15) is 15.9 Å². The highest BCUT2D eigenvalue weighted by molar-refractivity contribution is 6.53. The van der Waals surface area contributed by atoms with E-state index in [1.54, 1.807) is 31.2 Å². The Morgan fingerprint density at radius 2 is 1.53 bits per heavy atom. The van der Waals surface area contributed by atoms with E-state index < -0.39 is 17.7 Å². The number of hydrogen-bond acceptors (Lipinski definition) is 5. The molecular formula is C24H16Cl3N3O4. The third kappa shape index (κ3) is 4.59. The highest BCUT2D eigenvalue weighted by Gasteiger charge is 2.39. The zero-order chi connectivity index (χ0) is 24.6. The Morgan fingerprint density at radius 3 is 2.24 bits per heavy atom. The summed E-state index contributed by atoms with van der Waals surface area (Å²) < 4.78 is 0. The quantitative estimate of drug-likeness (QED) is 0.299. The fourth-order valence-electron chi connectivity index (χ4n) is 3.31. The molecule has 0 radical (unpaired) electrons. The summed E-state index contributed by atoms with van der Waals surface area (Å²) in [6, 6.07) is 15.3. The number of rotatable bonds is 5. The van der Waals surface area contributed by atoms with Gasteiger partial charge in [0.1, 0.15) is 16.5 Å². The van der Waals surface area contributed by atoms with Crippen LogP contribution in [0.5, 0.6) is 5.75 Å². The number of phenols is 1. The van der Waals surface area contributed by atoms with Crippen molar-refractivity contribution < 1.29 is 19.5 Å². The van der Waals surface area contributed by atoms with Crippen LogP contribution in [-0.4, -0.2) is 22.8 Å². The number of halogens is 3. The molecule has 0 saturated heterocycles. The van der Waals surface area contributed by atoms with Crippen LogP contribution in [0.2, 0.25) is 10.0 Å². The summed E-state index contributed by atoms with van der Waals surface area (Å²) in [5, 5.41) is 15.8. The Balaban J connectivity index is 1.51. The van der Waals surface area contributed by atoms with Crippen LogP contribution < -0.4 is 15.5 Å². The molecule has 3 aromatic rings. The Kier molecular flexibility index (Phi) is 6.52. The van der Waals surface area contributed by atoms with E-state index >= 15 is 0 Å². The lowest BCUT2D eigenvalue weighted by molar-refractivity contribution is -0.120. The first-order chi connectivity index (χ1) is 16.2. The number of hydrogen-bond donors (Lipinski definition) is 3. The van der Waals surface area contributed by atoms with Crippen LogP contribution in [-0.2, 0) is 9.59 Å². The van der Waals surface area contributed by atoms with Gasteiger partial charge in [0.2, 0.25) is 0 Å². The molecule has 3 amide bonds. The molecular weight excluding hydrogens is 501 g/mol. The molecule has 10 heteroatoms. The van der Waals surface area contributed by atoms with E-state index in [9.17, 15) is 19.5 Å². The molecule has 34 heavy (non-hydrogen) atoms. The molecule has 1 aliphatic heterocycles. The maximum absolute atomic E-state index is 13.0. The second kappa shape index (κ2) is 9.38. The number of anilines is 3. The van der Waals surface area contributed by atoms with Crippen molar-refractivity contribution in [3.63, 3.8) is 0 Å². The summed E-state index contributed by atoms with van der Waals surface area (Å²) in [5.41, 5.74) is 1.82. The summed E-state index contributed by atoms with van der Waals surface area (Å²) in [7, 11) is 0. The van der Waals surface area contributed by atoms with Gasteiger partial charge in [-0.1, -0.05) is 40.9 Å². The Bertz CT molecular complexity index is 1370. The molecule has 1 heterocycles. The Hall–Kier alpha value is -3.52. The molecule has 0 bridgehead atoms. The van der Waals surface area contributed by atoms with E-state index in [0.717, 1.165) is 4.90 Å². The van der Waals surface area contributed by atoms with Gasteiger partial charge in [0.25, 0.3) is 17.7 Å². The lowest BCUT2D eigenvalue weighted by Crippen LogP contribution is -2.32. The molecule has 4 rings (SSSR count). The second-order valence-electron chi connectivity index (χ2n) is 7.38. The molecule has 0 unspecified atom stereocenters. The number of imide groups is 1. The standard InChI is InChI=1S/C24H16Cl3N3O4/c1-12-2-5-15(26)11-18(12)30-23(33)20(27)21(24(30)34)28-16-7-3-13(4-8-16)22(32)29-17-10-14(25)6-9-19(17)31/h2-11,28,31H,1H3,(H,29,32). The molecule has 7 nitrogen and oxygen atoms in total. The van der Waals surface area contributed by atoms with Gasteiger partial charge in [0.15, 0.2) is 0 Å². The minimum absolute atomic E-state index is 0.0907. The van der Waals surface area contributed by atoms with E-state index in [1.165, 1.54) is 36.4 Å². The predicted octanol–water partition coefficient (Wildman–Crippen LogP) is 5.70. The zero-order valence-corrected chi connectivity index (χ0v) is 19.8. The van der Waals surface area contributed by atoms with Crippen molar-refractivity contribution in [2.45, 2.75) is 6.92 Å². The average molecular weight is 517 g/mol. The first kappa shape index (κ1) is 23.6. The first-order valence-electron chi connectivity index (χ1n) is 9.87. The van der Waals surface area contributed by atoms with E-state index in [0.29, 0.717) is 27.0 Å². The van der Waals surface area contributed by atoms with Gasteiger partial charge in [-0.2, -0.15) is 0 Å². The van der Waals surface area contributed by atoms with Crippen molar-refractivity contribution in [3.05, 3.63) is 92.6 Å². The SMILES string of the molecule is Cc1ccc(Cl)cc1N1C(=O)C(Cl)=C(Nc2ccc(C(=O)Nc3cc(Cl)ccc3O)cc2)C1=O. The summed E-state index contributed by atoms with van der Waals surface area (Å²) in [5.74, 6) is -1.90. The summed E-state index contributed by atoms with van der Waals surface area (Å²) in [6.07, 6.45) is 0.